The Hall–Kier alpha value is -3.95. The van der Waals surface area contributed by atoms with Gasteiger partial charge in [-0.05, 0) is 19.1 Å². The quantitative estimate of drug-likeness (QED) is 0.641. The molecular weight excluding hydrogens is 386 g/mol. The van der Waals surface area contributed by atoms with E-state index in [0.29, 0.717) is 29.6 Å². The van der Waals surface area contributed by atoms with Crippen LogP contribution in [0.2, 0.25) is 0 Å². The van der Waals surface area contributed by atoms with Crippen LogP contribution in [0.25, 0.3) is 0 Å². The summed E-state index contributed by atoms with van der Waals surface area (Å²) < 4.78 is 6.70. The van der Waals surface area contributed by atoms with Crippen molar-refractivity contribution >= 4 is 29.1 Å². The third-order valence-electron chi connectivity index (χ3n) is 4.65. The zero-order valence-corrected chi connectivity index (χ0v) is 16.8. The molecule has 0 aliphatic carbocycles. The average molecular weight is 407 g/mol. The highest BCUT2D eigenvalue weighted by Gasteiger charge is 2.30. The Balaban J connectivity index is 1.41. The third kappa shape index (κ3) is 3.93. The fourth-order valence-corrected chi connectivity index (χ4v) is 3.23. The predicted molar refractivity (Wildman–Crippen MR) is 110 cm³/mol. The van der Waals surface area contributed by atoms with Crippen molar-refractivity contribution < 1.29 is 14.3 Å². The summed E-state index contributed by atoms with van der Waals surface area (Å²) in [5.74, 6) is 1.18. The second kappa shape index (κ2) is 7.82. The van der Waals surface area contributed by atoms with Crippen molar-refractivity contribution in [2.45, 2.75) is 13.5 Å². The van der Waals surface area contributed by atoms with Crippen molar-refractivity contribution in [2.24, 2.45) is 7.05 Å². The van der Waals surface area contributed by atoms with E-state index < -0.39 is 0 Å². The molecule has 0 atom stereocenters. The average Bonchev–Trinajstić information content (AvgIpc) is 3.20. The molecule has 154 valence electrons. The first-order valence-electron chi connectivity index (χ1n) is 9.29. The van der Waals surface area contributed by atoms with Crippen molar-refractivity contribution in [1.82, 2.24) is 24.6 Å². The molecule has 0 unspecified atom stereocenters. The summed E-state index contributed by atoms with van der Waals surface area (Å²) in [6.07, 6.45) is 1.50. The molecule has 0 saturated carbocycles. The largest absolute Gasteiger partial charge is 0.481 e. The number of ether oxygens (including phenoxy) is 1. The summed E-state index contributed by atoms with van der Waals surface area (Å²) in [6.45, 7) is 2.15. The molecule has 1 aliphatic heterocycles. The fourth-order valence-electron chi connectivity index (χ4n) is 3.23. The fraction of sp³-hybridized carbons (Fsp3) is 0.250. The lowest BCUT2D eigenvalue weighted by atomic mass is 10.2. The molecule has 0 fully saturated rings. The second-order valence-corrected chi connectivity index (χ2v) is 6.92. The number of rotatable bonds is 6. The smallest absolute Gasteiger partial charge is 0.273 e. The molecule has 4 rings (SSSR count). The Bertz CT molecular complexity index is 1110. The highest BCUT2D eigenvalue weighted by molar-refractivity contribution is 6.01. The number of aromatic nitrogens is 4. The number of anilines is 3. The minimum Gasteiger partial charge on any atom is -0.481 e. The predicted octanol–water partition coefficient (Wildman–Crippen LogP) is 1.87. The van der Waals surface area contributed by atoms with Crippen LogP contribution in [0.3, 0.4) is 0 Å². The zero-order chi connectivity index (χ0) is 21.3. The van der Waals surface area contributed by atoms with Crippen molar-refractivity contribution in [3.8, 4) is 5.88 Å². The van der Waals surface area contributed by atoms with Crippen LogP contribution in [0, 0.1) is 6.92 Å². The third-order valence-corrected chi connectivity index (χ3v) is 4.65. The molecule has 1 aliphatic rings. The molecule has 0 spiro atoms. The Kier molecular flexibility index (Phi) is 5.05. The molecule has 3 aromatic rings. The van der Waals surface area contributed by atoms with E-state index >= 15 is 0 Å². The Labute approximate surface area is 172 Å². The Morgan fingerprint density at radius 1 is 1.27 bits per heavy atom. The lowest BCUT2D eigenvalue weighted by molar-refractivity contribution is -0.116. The van der Waals surface area contributed by atoms with Crippen LogP contribution in [0.5, 0.6) is 5.88 Å². The first-order valence-corrected chi connectivity index (χ1v) is 9.29. The Morgan fingerprint density at radius 2 is 2.10 bits per heavy atom. The van der Waals surface area contributed by atoms with Gasteiger partial charge in [0.2, 0.25) is 11.8 Å². The van der Waals surface area contributed by atoms with Crippen LogP contribution < -0.4 is 15.4 Å². The van der Waals surface area contributed by atoms with Gasteiger partial charge < -0.3 is 20.3 Å². The number of methoxy groups -OCH3 is 1. The van der Waals surface area contributed by atoms with Crippen molar-refractivity contribution in [1.29, 1.82) is 0 Å². The van der Waals surface area contributed by atoms with Gasteiger partial charge in [-0.2, -0.15) is 5.10 Å². The number of hydrogen-bond donors (Lipinski definition) is 2. The number of amides is 2. The molecule has 30 heavy (non-hydrogen) atoms. The van der Waals surface area contributed by atoms with Crippen LogP contribution in [-0.2, 0) is 18.4 Å². The SMILES string of the molecule is COc1ccc(NC(=O)CN2Cc3ccc(Nc4cc(C)nn4C)nc3C2=O)cn1. The van der Waals surface area contributed by atoms with Gasteiger partial charge in [-0.1, -0.05) is 6.07 Å². The summed E-state index contributed by atoms with van der Waals surface area (Å²) in [7, 11) is 3.34. The standard InChI is InChI=1S/C20H21N7O3/c1-12-8-16(26(2)25-12)23-15-6-4-13-10-27(20(29)19(13)24-15)11-17(28)22-14-5-7-18(30-3)21-9-14/h4-9H,10-11H2,1-3H3,(H,22,28)(H,23,24). The number of aryl methyl sites for hydroxylation is 2. The van der Waals surface area contributed by atoms with Gasteiger partial charge in [-0.25, -0.2) is 9.97 Å². The van der Waals surface area contributed by atoms with E-state index in [1.54, 1.807) is 22.9 Å². The van der Waals surface area contributed by atoms with Gasteiger partial charge in [0, 0.05) is 31.3 Å². The molecule has 0 aromatic carbocycles. The molecule has 2 amide bonds. The number of nitrogens with one attached hydrogen (secondary N) is 2. The maximum absolute atomic E-state index is 12.8. The first kappa shape index (κ1) is 19.4. The van der Waals surface area contributed by atoms with Crippen molar-refractivity contribution in [2.75, 3.05) is 24.3 Å². The van der Waals surface area contributed by atoms with Gasteiger partial charge in [0.25, 0.3) is 5.91 Å². The molecule has 0 bridgehead atoms. The Morgan fingerprint density at radius 3 is 2.77 bits per heavy atom. The molecule has 2 N–H and O–H groups in total. The summed E-state index contributed by atoms with van der Waals surface area (Å²) in [5, 5.41) is 10.2. The van der Waals surface area contributed by atoms with E-state index in [-0.39, 0.29) is 18.4 Å². The van der Waals surface area contributed by atoms with Gasteiger partial charge in [0.15, 0.2) is 0 Å². The molecule has 3 aromatic heterocycles. The molecule has 4 heterocycles. The highest BCUT2D eigenvalue weighted by Crippen LogP contribution is 2.24. The molecule has 10 heteroatoms. The van der Waals surface area contributed by atoms with E-state index in [1.165, 1.54) is 18.2 Å². The normalized spacial score (nSPS) is 12.6. The lowest BCUT2D eigenvalue weighted by Crippen LogP contribution is -2.33. The maximum atomic E-state index is 12.8. The van der Waals surface area contributed by atoms with Crippen LogP contribution in [0.15, 0.2) is 36.5 Å². The summed E-state index contributed by atoms with van der Waals surface area (Å²) in [6, 6.07) is 8.87. The monoisotopic (exact) mass is 407 g/mol. The number of carbonyl (C=O) groups excluding carboxylic acids is 2. The van der Waals surface area contributed by atoms with Crippen molar-refractivity contribution in [3.63, 3.8) is 0 Å². The summed E-state index contributed by atoms with van der Waals surface area (Å²) >= 11 is 0. The first-order chi connectivity index (χ1) is 14.4. The number of hydrogen-bond acceptors (Lipinski definition) is 7. The van der Waals surface area contributed by atoms with E-state index in [9.17, 15) is 9.59 Å². The van der Waals surface area contributed by atoms with E-state index in [0.717, 1.165) is 17.1 Å². The van der Waals surface area contributed by atoms with Crippen LogP contribution >= 0.6 is 0 Å². The van der Waals surface area contributed by atoms with Crippen LogP contribution in [0.4, 0.5) is 17.3 Å². The molecular formula is C20H21N7O3. The second-order valence-electron chi connectivity index (χ2n) is 6.92. The summed E-state index contributed by atoms with van der Waals surface area (Å²) in [5.41, 5.74) is 2.53. The molecule has 10 nitrogen and oxygen atoms in total. The summed E-state index contributed by atoms with van der Waals surface area (Å²) in [4.78, 5) is 35.1. The van der Waals surface area contributed by atoms with Gasteiger partial charge in [0.05, 0.1) is 24.7 Å². The minimum atomic E-state index is -0.313. The topological polar surface area (TPSA) is 114 Å². The zero-order valence-electron chi connectivity index (χ0n) is 16.8. The van der Waals surface area contributed by atoms with Gasteiger partial charge in [0.1, 0.15) is 23.9 Å². The van der Waals surface area contributed by atoms with Crippen LogP contribution in [-0.4, -0.2) is 50.1 Å². The maximum Gasteiger partial charge on any atom is 0.273 e. The molecule has 0 saturated heterocycles. The van der Waals surface area contributed by atoms with Crippen LogP contribution in [0.1, 0.15) is 21.7 Å². The molecule has 0 radical (unpaired) electrons. The lowest BCUT2D eigenvalue weighted by Gasteiger charge is -2.14. The van der Waals surface area contributed by atoms with Crippen molar-refractivity contribution in [3.05, 3.63) is 53.5 Å². The van der Waals surface area contributed by atoms with E-state index in [1.807, 2.05) is 26.1 Å². The number of fused-ring (bicyclic) bond motifs is 1. The van der Waals surface area contributed by atoms with Gasteiger partial charge >= 0.3 is 0 Å². The number of carbonyl (C=O) groups is 2. The number of pyridine rings is 2. The minimum absolute atomic E-state index is 0.0785. The van der Waals surface area contributed by atoms with Gasteiger partial charge in [-0.3, -0.25) is 14.3 Å². The number of nitrogens with zero attached hydrogens (tertiary/aromatic N) is 5. The van der Waals surface area contributed by atoms with E-state index in [2.05, 4.69) is 25.7 Å². The van der Waals surface area contributed by atoms with Gasteiger partial charge in [-0.15, -0.1) is 0 Å². The highest BCUT2D eigenvalue weighted by atomic mass is 16.5. The van der Waals surface area contributed by atoms with E-state index in [4.69, 9.17) is 4.74 Å².